The van der Waals surface area contributed by atoms with Gasteiger partial charge in [-0.1, -0.05) is 29.3 Å². The van der Waals surface area contributed by atoms with E-state index in [1.807, 2.05) is 0 Å². The number of H-pyrrole nitrogens is 2. The molecule has 0 unspecified atom stereocenters. The second-order valence-corrected chi connectivity index (χ2v) is 6.28. The fourth-order valence-electron chi connectivity index (χ4n) is 2.27. The third-order valence-electron chi connectivity index (χ3n) is 3.55. The maximum absolute atomic E-state index is 12.2. The zero-order valence-corrected chi connectivity index (χ0v) is 15.1. The Morgan fingerprint density at radius 2 is 2.00 bits per heavy atom. The van der Waals surface area contributed by atoms with Crippen molar-refractivity contribution in [2.75, 3.05) is 0 Å². The summed E-state index contributed by atoms with van der Waals surface area (Å²) in [7, 11) is 0. The molecule has 2 aromatic heterocycles. The minimum Gasteiger partial charge on any atom is -0.344 e. The molecule has 0 saturated heterocycles. The van der Waals surface area contributed by atoms with Crippen molar-refractivity contribution in [1.82, 2.24) is 30.5 Å². The largest absolute Gasteiger partial charge is 0.344 e. The first-order chi connectivity index (χ1) is 12.4. The number of nitrogens with one attached hydrogen (secondary N) is 3. The molecule has 0 spiro atoms. The number of amides is 1. The Bertz CT molecular complexity index is 994. The van der Waals surface area contributed by atoms with Gasteiger partial charge in [-0.15, -0.1) is 0 Å². The van der Waals surface area contributed by atoms with Crippen molar-refractivity contribution in [3.63, 3.8) is 0 Å². The summed E-state index contributed by atoms with van der Waals surface area (Å²) in [6.45, 7) is 1.84. The molecular weight excluding hydrogens is 379 g/mol. The number of benzene rings is 1. The number of aryl methyl sites for hydroxylation is 1. The molecule has 3 N–H and O–H groups in total. The van der Waals surface area contributed by atoms with Crippen molar-refractivity contribution in [3.8, 4) is 0 Å². The molecule has 10 heteroatoms. The van der Waals surface area contributed by atoms with Crippen LogP contribution in [0.5, 0.6) is 0 Å². The normalized spacial score (nSPS) is 10.7. The molecule has 0 aliphatic heterocycles. The number of carbonyl (C=O) groups is 1. The molecule has 134 valence electrons. The van der Waals surface area contributed by atoms with E-state index in [-0.39, 0.29) is 18.5 Å². The molecule has 1 amide bonds. The van der Waals surface area contributed by atoms with E-state index < -0.39 is 11.5 Å². The lowest BCUT2D eigenvalue weighted by Gasteiger charge is -2.07. The van der Waals surface area contributed by atoms with Crippen LogP contribution in [-0.4, -0.2) is 31.1 Å². The Balaban J connectivity index is 1.73. The van der Waals surface area contributed by atoms with Gasteiger partial charge in [-0.25, -0.2) is 9.97 Å². The highest BCUT2D eigenvalue weighted by Gasteiger charge is 2.14. The van der Waals surface area contributed by atoms with Gasteiger partial charge in [0.15, 0.2) is 5.82 Å². The van der Waals surface area contributed by atoms with Crippen molar-refractivity contribution in [2.24, 2.45) is 0 Å². The Morgan fingerprint density at radius 1 is 1.27 bits per heavy atom. The van der Waals surface area contributed by atoms with E-state index in [0.29, 0.717) is 33.1 Å². The third-order valence-corrected chi connectivity index (χ3v) is 4.26. The standard InChI is InChI=1S/C16H14Cl2N6O2/c1-8-21-14(24-23-8)7-20-15(25)10-6-19-13(22-16(10)26)5-9-11(17)3-2-4-12(9)18/h2-4,6H,5,7H2,1H3,(H,20,25)(H,19,22,26)(H,21,23,24). The predicted molar refractivity (Wildman–Crippen MR) is 96.4 cm³/mol. The SMILES string of the molecule is Cc1nc(CNC(=O)c2cnc(Cc3c(Cl)cccc3Cl)[nH]c2=O)n[nH]1. The molecule has 0 bridgehead atoms. The van der Waals surface area contributed by atoms with Crippen LogP contribution >= 0.6 is 23.2 Å². The first-order valence-corrected chi connectivity index (χ1v) is 8.37. The molecule has 0 saturated carbocycles. The Hall–Kier alpha value is -2.71. The minimum atomic E-state index is -0.566. The molecule has 26 heavy (non-hydrogen) atoms. The van der Waals surface area contributed by atoms with Gasteiger partial charge >= 0.3 is 0 Å². The summed E-state index contributed by atoms with van der Waals surface area (Å²) in [6, 6.07) is 5.13. The molecular formula is C16H14Cl2N6O2. The van der Waals surface area contributed by atoms with Crippen LogP contribution < -0.4 is 10.9 Å². The van der Waals surface area contributed by atoms with E-state index in [1.165, 1.54) is 6.20 Å². The van der Waals surface area contributed by atoms with Gasteiger partial charge < -0.3 is 10.3 Å². The lowest BCUT2D eigenvalue weighted by molar-refractivity contribution is 0.0948. The van der Waals surface area contributed by atoms with Crippen LogP contribution in [-0.2, 0) is 13.0 Å². The van der Waals surface area contributed by atoms with Crippen LogP contribution in [0.15, 0.2) is 29.2 Å². The molecule has 2 heterocycles. The van der Waals surface area contributed by atoms with Crippen LogP contribution in [0.2, 0.25) is 10.0 Å². The molecule has 1 aromatic carbocycles. The molecule has 3 aromatic rings. The highest BCUT2D eigenvalue weighted by Crippen LogP contribution is 2.25. The molecule has 0 aliphatic rings. The first-order valence-electron chi connectivity index (χ1n) is 7.61. The Kier molecular flexibility index (Phi) is 5.34. The second kappa shape index (κ2) is 7.67. The molecule has 0 aliphatic carbocycles. The summed E-state index contributed by atoms with van der Waals surface area (Å²) in [5, 5.41) is 10.1. The second-order valence-electron chi connectivity index (χ2n) is 5.47. The Morgan fingerprint density at radius 3 is 2.62 bits per heavy atom. The summed E-state index contributed by atoms with van der Waals surface area (Å²) in [5.74, 6) is 0.844. The number of rotatable bonds is 5. The lowest BCUT2D eigenvalue weighted by Crippen LogP contribution is -2.30. The van der Waals surface area contributed by atoms with E-state index in [4.69, 9.17) is 23.2 Å². The van der Waals surface area contributed by atoms with Gasteiger partial charge in [0.05, 0.1) is 6.54 Å². The number of carbonyl (C=O) groups excluding carboxylic acids is 1. The van der Waals surface area contributed by atoms with Crippen molar-refractivity contribution in [2.45, 2.75) is 19.9 Å². The van der Waals surface area contributed by atoms with E-state index in [0.717, 1.165) is 0 Å². The number of hydrogen-bond acceptors (Lipinski definition) is 5. The van der Waals surface area contributed by atoms with Crippen molar-refractivity contribution >= 4 is 29.1 Å². The molecule has 8 nitrogen and oxygen atoms in total. The quantitative estimate of drug-likeness (QED) is 0.613. The monoisotopic (exact) mass is 392 g/mol. The fraction of sp³-hybridized carbons (Fsp3) is 0.188. The van der Waals surface area contributed by atoms with Crippen LogP contribution in [0.3, 0.4) is 0 Å². The first kappa shape index (κ1) is 18.1. The predicted octanol–water partition coefficient (Wildman–Crippen LogP) is 2.02. The van der Waals surface area contributed by atoms with Crippen LogP contribution in [0.4, 0.5) is 0 Å². The van der Waals surface area contributed by atoms with Crippen molar-refractivity contribution in [3.05, 3.63) is 73.4 Å². The molecule has 0 atom stereocenters. The number of halogens is 2. The van der Waals surface area contributed by atoms with Crippen LogP contribution in [0.1, 0.15) is 33.4 Å². The number of hydrogen-bond donors (Lipinski definition) is 3. The van der Waals surface area contributed by atoms with E-state index >= 15 is 0 Å². The number of aromatic nitrogens is 5. The summed E-state index contributed by atoms with van der Waals surface area (Å²) in [5.41, 5.74) is -0.00994. The van der Waals surface area contributed by atoms with Gasteiger partial charge in [-0.2, -0.15) is 5.10 Å². The number of nitrogens with zero attached hydrogens (tertiary/aromatic N) is 3. The van der Waals surface area contributed by atoms with Crippen LogP contribution in [0.25, 0.3) is 0 Å². The van der Waals surface area contributed by atoms with Gasteiger partial charge in [0.2, 0.25) is 0 Å². The topological polar surface area (TPSA) is 116 Å². The van der Waals surface area contributed by atoms with E-state index in [9.17, 15) is 9.59 Å². The smallest absolute Gasteiger partial charge is 0.263 e. The zero-order valence-electron chi connectivity index (χ0n) is 13.6. The maximum Gasteiger partial charge on any atom is 0.263 e. The molecule has 0 radical (unpaired) electrons. The van der Waals surface area contributed by atoms with Gasteiger partial charge in [-0.3, -0.25) is 14.7 Å². The molecule has 3 rings (SSSR count). The summed E-state index contributed by atoms with van der Waals surface area (Å²) in [4.78, 5) is 35.1. The lowest BCUT2D eigenvalue weighted by atomic mass is 10.1. The van der Waals surface area contributed by atoms with Gasteiger partial charge in [0.1, 0.15) is 17.2 Å². The maximum atomic E-state index is 12.2. The van der Waals surface area contributed by atoms with Crippen molar-refractivity contribution in [1.29, 1.82) is 0 Å². The fourth-order valence-corrected chi connectivity index (χ4v) is 2.81. The van der Waals surface area contributed by atoms with Gasteiger partial charge in [0.25, 0.3) is 11.5 Å². The molecule has 0 fully saturated rings. The van der Waals surface area contributed by atoms with E-state index in [1.54, 1.807) is 25.1 Å². The van der Waals surface area contributed by atoms with Crippen molar-refractivity contribution < 1.29 is 4.79 Å². The van der Waals surface area contributed by atoms with Gasteiger partial charge in [0, 0.05) is 22.7 Å². The summed E-state index contributed by atoms with van der Waals surface area (Å²) >= 11 is 12.2. The van der Waals surface area contributed by atoms with Gasteiger partial charge in [-0.05, 0) is 24.6 Å². The highest BCUT2D eigenvalue weighted by atomic mass is 35.5. The summed E-state index contributed by atoms with van der Waals surface area (Å²) in [6.07, 6.45) is 1.46. The van der Waals surface area contributed by atoms with Crippen LogP contribution in [0, 0.1) is 6.92 Å². The van der Waals surface area contributed by atoms with E-state index in [2.05, 4.69) is 30.5 Å². The Labute approximate surface area is 158 Å². The number of aromatic amines is 2. The average Bonchev–Trinajstić information content (AvgIpc) is 3.02. The highest BCUT2D eigenvalue weighted by molar-refractivity contribution is 6.36. The average molecular weight is 393 g/mol. The summed E-state index contributed by atoms with van der Waals surface area (Å²) < 4.78 is 0. The minimum absolute atomic E-state index is 0.0968. The zero-order chi connectivity index (χ0) is 18.7. The third kappa shape index (κ3) is 4.09.